The first-order valence-corrected chi connectivity index (χ1v) is 7.62. The van der Waals surface area contributed by atoms with E-state index in [1.807, 2.05) is 19.9 Å². The lowest BCUT2D eigenvalue weighted by Crippen LogP contribution is -2.09. The van der Waals surface area contributed by atoms with Gasteiger partial charge >= 0.3 is 0 Å². The van der Waals surface area contributed by atoms with E-state index < -0.39 is 4.92 Å². The maximum absolute atomic E-state index is 10.7. The van der Waals surface area contributed by atoms with E-state index in [1.54, 1.807) is 30.5 Å². The number of nitro groups is 1. The molecule has 6 heteroatoms. The topological polar surface area (TPSA) is 64.7 Å². The van der Waals surface area contributed by atoms with Crippen LogP contribution in [0.2, 0.25) is 5.02 Å². The number of aliphatic imine (C=N–C) groups is 1. The normalized spacial score (nSPS) is 12.3. The molecule has 0 unspecified atom stereocenters. The Morgan fingerprint density at radius 1 is 1.35 bits per heavy atom. The molecule has 0 radical (unpaired) electrons. The summed E-state index contributed by atoms with van der Waals surface area (Å²) >= 11 is 6.20. The van der Waals surface area contributed by atoms with E-state index in [1.165, 1.54) is 12.1 Å². The van der Waals surface area contributed by atoms with E-state index in [4.69, 9.17) is 16.3 Å². The number of non-ortho nitro benzene ring substituents is 1. The van der Waals surface area contributed by atoms with Gasteiger partial charge in [-0.2, -0.15) is 0 Å². The van der Waals surface area contributed by atoms with E-state index in [2.05, 4.69) is 4.99 Å². The van der Waals surface area contributed by atoms with Crippen LogP contribution < -0.4 is 4.74 Å². The number of benzene rings is 2. The van der Waals surface area contributed by atoms with Crippen LogP contribution in [-0.4, -0.2) is 17.2 Å². The van der Waals surface area contributed by atoms with Gasteiger partial charge in [-0.25, -0.2) is 0 Å². The molecule has 5 nitrogen and oxygen atoms in total. The van der Waals surface area contributed by atoms with E-state index >= 15 is 0 Å². The average molecular weight is 333 g/mol. The molecular weight excluding hydrogens is 316 g/mol. The molecule has 0 aromatic heterocycles. The molecule has 0 aliphatic rings. The third-order valence-electron chi connectivity index (χ3n) is 3.26. The largest absolute Gasteiger partial charge is 0.489 e. The summed E-state index contributed by atoms with van der Waals surface area (Å²) in [5.74, 6) is 0.633. The van der Waals surface area contributed by atoms with Crippen LogP contribution in [0.1, 0.15) is 25.8 Å². The Labute approximate surface area is 139 Å². The average Bonchev–Trinajstić information content (AvgIpc) is 2.55. The standard InChI is InChI=1S/C17H17ClN2O3/c1-3-12(2)23-17-8-7-13(9-16(17)18)11-19-14-5-4-6-15(10-14)20(21)22/h4-12H,3H2,1-2H3/t12-/m1/s1. The molecular formula is C17H17ClN2O3. The smallest absolute Gasteiger partial charge is 0.271 e. The quantitative estimate of drug-likeness (QED) is 0.416. The van der Waals surface area contributed by atoms with E-state index in [9.17, 15) is 10.1 Å². The van der Waals surface area contributed by atoms with Gasteiger partial charge in [-0.3, -0.25) is 15.1 Å². The van der Waals surface area contributed by atoms with Gasteiger partial charge in [-0.05, 0) is 43.2 Å². The van der Waals surface area contributed by atoms with Crippen LogP contribution in [0.3, 0.4) is 0 Å². The van der Waals surface area contributed by atoms with Gasteiger partial charge in [-0.15, -0.1) is 0 Å². The van der Waals surface area contributed by atoms with Crippen molar-refractivity contribution < 1.29 is 9.66 Å². The first-order chi connectivity index (χ1) is 11.0. The minimum Gasteiger partial charge on any atom is -0.489 e. The first kappa shape index (κ1) is 17.0. The van der Waals surface area contributed by atoms with Crippen molar-refractivity contribution in [3.63, 3.8) is 0 Å². The molecule has 23 heavy (non-hydrogen) atoms. The molecule has 2 aromatic carbocycles. The fourth-order valence-electron chi connectivity index (χ4n) is 1.83. The van der Waals surface area contributed by atoms with Crippen LogP contribution >= 0.6 is 11.6 Å². The summed E-state index contributed by atoms with van der Waals surface area (Å²) < 4.78 is 5.70. The minimum atomic E-state index is -0.448. The van der Waals surface area contributed by atoms with Gasteiger partial charge in [0.2, 0.25) is 0 Å². The van der Waals surface area contributed by atoms with E-state index in [0.717, 1.165) is 12.0 Å². The third-order valence-corrected chi connectivity index (χ3v) is 3.56. The number of nitrogens with zero attached hydrogens (tertiary/aromatic N) is 2. The molecule has 1 atom stereocenters. The summed E-state index contributed by atoms with van der Waals surface area (Å²) in [6.45, 7) is 4.02. The van der Waals surface area contributed by atoms with Gasteiger partial charge in [0.1, 0.15) is 5.75 Å². The summed E-state index contributed by atoms with van der Waals surface area (Å²) in [6.07, 6.45) is 2.60. The second kappa shape index (κ2) is 7.74. The molecule has 0 aliphatic heterocycles. The van der Waals surface area contributed by atoms with Crippen molar-refractivity contribution in [1.29, 1.82) is 0 Å². The molecule has 0 N–H and O–H groups in total. The molecule has 2 rings (SSSR count). The number of hydrogen-bond acceptors (Lipinski definition) is 4. The van der Waals surface area contributed by atoms with E-state index in [0.29, 0.717) is 16.5 Å². The van der Waals surface area contributed by atoms with Crippen molar-refractivity contribution in [3.8, 4) is 5.75 Å². The number of ether oxygens (including phenoxy) is 1. The molecule has 0 amide bonds. The van der Waals surface area contributed by atoms with Crippen molar-refractivity contribution >= 4 is 29.2 Å². The zero-order valence-corrected chi connectivity index (χ0v) is 13.7. The van der Waals surface area contributed by atoms with Crippen molar-refractivity contribution in [2.45, 2.75) is 26.4 Å². The zero-order chi connectivity index (χ0) is 16.8. The minimum absolute atomic E-state index is 0.00924. The van der Waals surface area contributed by atoms with Crippen LogP contribution in [0, 0.1) is 10.1 Å². The Morgan fingerprint density at radius 2 is 2.13 bits per heavy atom. The summed E-state index contributed by atoms with van der Waals surface area (Å²) in [5, 5.41) is 11.3. The molecule has 2 aromatic rings. The van der Waals surface area contributed by atoms with Crippen molar-refractivity contribution in [2.24, 2.45) is 4.99 Å². The fourth-order valence-corrected chi connectivity index (χ4v) is 2.06. The highest BCUT2D eigenvalue weighted by molar-refractivity contribution is 6.32. The Balaban J connectivity index is 2.15. The highest BCUT2D eigenvalue weighted by Gasteiger charge is 2.07. The molecule has 0 saturated heterocycles. The molecule has 0 heterocycles. The first-order valence-electron chi connectivity index (χ1n) is 7.24. The molecule has 120 valence electrons. The van der Waals surface area contributed by atoms with Crippen LogP contribution in [0.15, 0.2) is 47.5 Å². The van der Waals surface area contributed by atoms with E-state index in [-0.39, 0.29) is 11.8 Å². The van der Waals surface area contributed by atoms with Crippen molar-refractivity contribution in [2.75, 3.05) is 0 Å². The van der Waals surface area contributed by atoms with Crippen LogP contribution in [0.25, 0.3) is 0 Å². The molecule has 0 spiro atoms. The summed E-state index contributed by atoms with van der Waals surface area (Å²) in [4.78, 5) is 14.5. The maximum atomic E-state index is 10.7. The van der Waals surface area contributed by atoms with Crippen molar-refractivity contribution in [3.05, 3.63) is 63.2 Å². The maximum Gasteiger partial charge on any atom is 0.271 e. The van der Waals surface area contributed by atoms with Gasteiger partial charge < -0.3 is 4.74 Å². The van der Waals surface area contributed by atoms with Crippen molar-refractivity contribution in [1.82, 2.24) is 0 Å². The molecule has 0 saturated carbocycles. The summed E-state index contributed by atoms with van der Waals surface area (Å²) in [5.41, 5.74) is 1.31. The molecule has 0 fully saturated rings. The van der Waals surface area contributed by atoms with Gasteiger partial charge in [0.05, 0.1) is 21.7 Å². The Bertz CT molecular complexity index is 732. The Hall–Kier alpha value is -2.40. The number of rotatable bonds is 6. The van der Waals surface area contributed by atoms with Crippen LogP contribution in [0.5, 0.6) is 5.75 Å². The second-order valence-corrected chi connectivity index (χ2v) is 5.47. The SMILES string of the molecule is CC[C@@H](C)Oc1ccc(C=Nc2cccc([N+](=O)[O-])c2)cc1Cl. The fraction of sp³-hybridized carbons (Fsp3) is 0.235. The Kier molecular flexibility index (Phi) is 5.71. The predicted octanol–water partition coefficient (Wildman–Crippen LogP) is 5.18. The van der Waals surface area contributed by atoms with Gasteiger partial charge in [0, 0.05) is 18.3 Å². The van der Waals surface area contributed by atoms with Gasteiger partial charge in [0.25, 0.3) is 5.69 Å². The summed E-state index contributed by atoms with van der Waals surface area (Å²) in [6, 6.07) is 11.5. The predicted molar refractivity (Wildman–Crippen MR) is 92.2 cm³/mol. The second-order valence-electron chi connectivity index (χ2n) is 5.06. The number of nitro benzene ring substituents is 1. The van der Waals surface area contributed by atoms with Gasteiger partial charge in [0.15, 0.2) is 0 Å². The van der Waals surface area contributed by atoms with Crippen LogP contribution in [-0.2, 0) is 0 Å². The number of halogens is 1. The highest BCUT2D eigenvalue weighted by atomic mass is 35.5. The molecule has 0 aliphatic carbocycles. The zero-order valence-electron chi connectivity index (χ0n) is 12.9. The third kappa shape index (κ3) is 4.79. The Morgan fingerprint density at radius 3 is 2.78 bits per heavy atom. The van der Waals surface area contributed by atoms with Gasteiger partial charge in [-0.1, -0.05) is 24.6 Å². The lowest BCUT2D eigenvalue weighted by molar-refractivity contribution is -0.384. The number of hydrogen-bond donors (Lipinski definition) is 0. The van der Waals surface area contributed by atoms with Crippen LogP contribution in [0.4, 0.5) is 11.4 Å². The lowest BCUT2D eigenvalue weighted by Gasteiger charge is -2.13. The summed E-state index contributed by atoms with van der Waals surface area (Å²) in [7, 11) is 0. The lowest BCUT2D eigenvalue weighted by atomic mass is 10.2. The monoisotopic (exact) mass is 332 g/mol. The highest BCUT2D eigenvalue weighted by Crippen LogP contribution is 2.27. The molecule has 0 bridgehead atoms.